The average Bonchev–Trinajstić information content (AvgIpc) is 2.67. The van der Waals surface area contributed by atoms with Crippen LogP contribution in [0.5, 0.6) is 0 Å². The van der Waals surface area contributed by atoms with Crippen molar-refractivity contribution in [1.82, 2.24) is 20.2 Å². The Bertz CT molecular complexity index is 1130. The van der Waals surface area contributed by atoms with Crippen molar-refractivity contribution in [3.05, 3.63) is 63.9 Å². The molecule has 0 unspecified atom stereocenters. The standard InChI is InChI=1S/C20H19ClN4O3S/c1-12(2)22-19(28)24-17(26)11-29-20-23-15-9-5-3-7-13(15)18(27)25(20)16-10-6-4-8-14(16)21/h3-10,12H,11H2,1-2H3,(H2,22,24,26,28). The van der Waals surface area contributed by atoms with Gasteiger partial charge in [-0.15, -0.1) is 0 Å². The Hall–Kier alpha value is -2.84. The van der Waals surface area contributed by atoms with E-state index in [4.69, 9.17) is 11.6 Å². The van der Waals surface area contributed by atoms with E-state index in [1.165, 1.54) is 4.57 Å². The van der Waals surface area contributed by atoms with Crippen molar-refractivity contribution < 1.29 is 9.59 Å². The SMILES string of the molecule is CC(C)NC(=O)NC(=O)CSc1nc2ccccc2c(=O)n1-c1ccccc1Cl. The highest BCUT2D eigenvalue weighted by atomic mass is 35.5. The van der Waals surface area contributed by atoms with Crippen molar-refractivity contribution in [3.63, 3.8) is 0 Å². The number of urea groups is 1. The smallest absolute Gasteiger partial charge is 0.321 e. The number of rotatable bonds is 5. The number of hydrogen-bond donors (Lipinski definition) is 2. The molecule has 0 saturated heterocycles. The largest absolute Gasteiger partial charge is 0.336 e. The number of nitrogens with zero attached hydrogens (tertiary/aromatic N) is 2. The molecule has 0 aliphatic rings. The van der Waals surface area contributed by atoms with Crippen LogP contribution in [-0.2, 0) is 4.79 Å². The van der Waals surface area contributed by atoms with Gasteiger partial charge in [0.1, 0.15) is 0 Å². The summed E-state index contributed by atoms with van der Waals surface area (Å²) in [6.07, 6.45) is 0. The monoisotopic (exact) mass is 430 g/mol. The van der Waals surface area contributed by atoms with Crippen LogP contribution in [0.25, 0.3) is 16.6 Å². The van der Waals surface area contributed by atoms with Gasteiger partial charge >= 0.3 is 6.03 Å². The summed E-state index contributed by atoms with van der Waals surface area (Å²) < 4.78 is 1.39. The minimum absolute atomic E-state index is 0.0944. The molecular weight excluding hydrogens is 412 g/mol. The molecule has 1 aromatic heterocycles. The number of para-hydroxylation sites is 2. The first-order valence-electron chi connectivity index (χ1n) is 8.86. The lowest BCUT2D eigenvalue weighted by Gasteiger charge is -2.14. The van der Waals surface area contributed by atoms with Crippen LogP contribution in [0.4, 0.5) is 4.79 Å². The number of carbonyl (C=O) groups is 2. The number of imide groups is 1. The molecule has 7 nitrogen and oxygen atoms in total. The molecule has 0 atom stereocenters. The van der Waals surface area contributed by atoms with Crippen LogP contribution in [0.1, 0.15) is 13.8 Å². The van der Waals surface area contributed by atoms with Gasteiger partial charge in [0, 0.05) is 6.04 Å². The van der Waals surface area contributed by atoms with E-state index in [1.54, 1.807) is 62.4 Å². The minimum Gasteiger partial charge on any atom is -0.336 e. The Morgan fingerprint density at radius 2 is 1.83 bits per heavy atom. The first-order valence-corrected chi connectivity index (χ1v) is 10.2. The number of halogens is 1. The zero-order valence-electron chi connectivity index (χ0n) is 15.8. The number of fused-ring (bicyclic) bond motifs is 1. The summed E-state index contributed by atoms with van der Waals surface area (Å²) >= 11 is 7.35. The number of benzene rings is 2. The molecule has 9 heteroatoms. The van der Waals surface area contributed by atoms with E-state index in [2.05, 4.69) is 15.6 Å². The van der Waals surface area contributed by atoms with Gasteiger partial charge in [0.25, 0.3) is 5.56 Å². The molecule has 29 heavy (non-hydrogen) atoms. The Morgan fingerprint density at radius 1 is 1.14 bits per heavy atom. The Morgan fingerprint density at radius 3 is 2.55 bits per heavy atom. The lowest BCUT2D eigenvalue weighted by Crippen LogP contribution is -2.43. The number of aromatic nitrogens is 2. The van der Waals surface area contributed by atoms with E-state index in [0.717, 1.165) is 11.8 Å². The Kier molecular flexibility index (Phi) is 6.56. The molecule has 1 heterocycles. The van der Waals surface area contributed by atoms with Gasteiger partial charge in [-0.05, 0) is 38.1 Å². The summed E-state index contributed by atoms with van der Waals surface area (Å²) in [5.74, 6) is -0.595. The fraction of sp³-hybridized carbons (Fsp3) is 0.200. The highest BCUT2D eigenvalue weighted by molar-refractivity contribution is 7.99. The lowest BCUT2D eigenvalue weighted by molar-refractivity contribution is -0.117. The van der Waals surface area contributed by atoms with E-state index in [0.29, 0.717) is 26.8 Å². The number of nitrogens with one attached hydrogen (secondary N) is 2. The van der Waals surface area contributed by atoms with Gasteiger partial charge in [-0.1, -0.05) is 47.6 Å². The van der Waals surface area contributed by atoms with Gasteiger partial charge in [0.2, 0.25) is 5.91 Å². The topological polar surface area (TPSA) is 93.1 Å². The van der Waals surface area contributed by atoms with Crippen LogP contribution in [-0.4, -0.2) is 33.3 Å². The molecule has 2 aromatic carbocycles. The van der Waals surface area contributed by atoms with Crippen molar-refractivity contribution in [3.8, 4) is 5.69 Å². The first-order chi connectivity index (χ1) is 13.9. The van der Waals surface area contributed by atoms with Crippen molar-refractivity contribution >= 4 is 46.2 Å². The minimum atomic E-state index is -0.569. The predicted molar refractivity (Wildman–Crippen MR) is 115 cm³/mol. The zero-order valence-corrected chi connectivity index (χ0v) is 17.4. The Balaban J connectivity index is 1.95. The van der Waals surface area contributed by atoms with Crippen LogP contribution >= 0.6 is 23.4 Å². The molecule has 3 amide bonds. The second kappa shape index (κ2) is 9.11. The van der Waals surface area contributed by atoms with Crippen molar-refractivity contribution in [2.24, 2.45) is 0 Å². The third-order valence-electron chi connectivity index (χ3n) is 3.84. The van der Waals surface area contributed by atoms with Gasteiger partial charge in [-0.3, -0.25) is 19.5 Å². The summed E-state index contributed by atoms with van der Waals surface area (Å²) in [5, 5.41) is 5.97. The molecule has 0 radical (unpaired) electrons. The van der Waals surface area contributed by atoms with Gasteiger partial charge in [0.15, 0.2) is 5.16 Å². The number of thioether (sulfide) groups is 1. The molecule has 0 bridgehead atoms. The highest BCUT2D eigenvalue weighted by Gasteiger charge is 2.17. The maximum absolute atomic E-state index is 13.1. The molecule has 3 aromatic rings. The van der Waals surface area contributed by atoms with Gasteiger partial charge < -0.3 is 5.32 Å². The van der Waals surface area contributed by atoms with Crippen LogP contribution in [0.15, 0.2) is 58.5 Å². The summed E-state index contributed by atoms with van der Waals surface area (Å²) in [7, 11) is 0. The molecule has 0 saturated carbocycles. The second-order valence-corrected chi connectivity index (χ2v) is 7.82. The molecule has 0 spiro atoms. The summed E-state index contributed by atoms with van der Waals surface area (Å²) in [4.78, 5) is 41.5. The Labute approximate surface area is 176 Å². The van der Waals surface area contributed by atoms with E-state index in [-0.39, 0.29) is 17.4 Å². The van der Waals surface area contributed by atoms with Crippen LogP contribution in [0, 0.1) is 0 Å². The summed E-state index contributed by atoms with van der Waals surface area (Å²) in [5.41, 5.74) is 0.698. The van der Waals surface area contributed by atoms with E-state index < -0.39 is 11.9 Å². The third-order valence-corrected chi connectivity index (χ3v) is 5.10. The maximum Gasteiger partial charge on any atom is 0.321 e. The quantitative estimate of drug-likeness (QED) is 0.478. The number of carbonyl (C=O) groups excluding carboxylic acids is 2. The van der Waals surface area contributed by atoms with Gasteiger partial charge in [0.05, 0.1) is 27.4 Å². The second-order valence-electron chi connectivity index (χ2n) is 6.47. The lowest BCUT2D eigenvalue weighted by atomic mass is 10.2. The van der Waals surface area contributed by atoms with Gasteiger partial charge in [-0.25, -0.2) is 9.78 Å². The maximum atomic E-state index is 13.1. The average molecular weight is 431 g/mol. The fourth-order valence-electron chi connectivity index (χ4n) is 2.65. The molecule has 0 aliphatic carbocycles. The van der Waals surface area contributed by atoms with Crippen molar-refractivity contribution in [1.29, 1.82) is 0 Å². The zero-order chi connectivity index (χ0) is 21.0. The fourth-order valence-corrected chi connectivity index (χ4v) is 3.67. The normalized spacial score (nSPS) is 10.9. The third kappa shape index (κ3) is 4.96. The van der Waals surface area contributed by atoms with Crippen LogP contribution in [0.3, 0.4) is 0 Å². The van der Waals surface area contributed by atoms with Crippen LogP contribution in [0.2, 0.25) is 5.02 Å². The molecule has 3 rings (SSSR count). The first kappa shape index (κ1) is 20.9. The molecular formula is C20H19ClN4O3S. The van der Waals surface area contributed by atoms with Crippen molar-refractivity contribution in [2.45, 2.75) is 25.0 Å². The molecule has 0 fully saturated rings. The molecule has 2 N–H and O–H groups in total. The summed E-state index contributed by atoms with van der Waals surface area (Å²) in [6.45, 7) is 3.58. The van der Waals surface area contributed by atoms with Crippen LogP contribution < -0.4 is 16.2 Å². The van der Waals surface area contributed by atoms with E-state index in [1.807, 2.05) is 0 Å². The van der Waals surface area contributed by atoms with Crippen molar-refractivity contribution in [2.75, 3.05) is 5.75 Å². The number of amides is 3. The predicted octanol–water partition coefficient (Wildman–Crippen LogP) is 3.37. The summed E-state index contributed by atoms with van der Waals surface area (Å²) in [6, 6.07) is 13.2. The van der Waals surface area contributed by atoms with E-state index in [9.17, 15) is 14.4 Å². The highest BCUT2D eigenvalue weighted by Crippen LogP contribution is 2.25. The number of hydrogen-bond acceptors (Lipinski definition) is 5. The van der Waals surface area contributed by atoms with Gasteiger partial charge in [-0.2, -0.15) is 0 Å². The molecule has 150 valence electrons. The molecule has 0 aliphatic heterocycles. The van der Waals surface area contributed by atoms with E-state index >= 15 is 0 Å².